The normalized spacial score (nSPS) is 31.6. The van der Waals surface area contributed by atoms with Gasteiger partial charge in [-0.2, -0.15) is 0 Å². The molecule has 4 saturated heterocycles. The van der Waals surface area contributed by atoms with Gasteiger partial charge in [-0.1, -0.05) is 0 Å². The van der Waals surface area contributed by atoms with Crippen molar-refractivity contribution in [3.8, 4) is 0 Å². The van der Waals surface area contributed by atoms with E-state index in [4.69, 9.17) is 0 Å². The van der Waals surface area contributed by atoms with E-state index in [-0.39, 0.29) is 37.2 Å². The molecule has 4 aliphatic heterocycles. The molecular formula is C22H34N4O7S. The van der Waals surface area contributed by atoms with Crippen LogP contribution in [-0.2, 0) is 19.2 Å². The first-order valence-electron chi connectivity index (χ1n) is 11.8. The van der Waals surface area contributed by atoms with Gasteiger partial charge in [0.2, 0.25) is 17.7 Å². The van der Waals surface area contributed by atoms with Gasteiger partial charge < -0.3 is 29.8 Å². The fraction of sp³-hybridized carbons (Fsp3) is 0.773. The van der Waals surface area contributed by atoms with Crippen LogP contribution in [0.3, 0.4) is 0 Å². The summed E-state index contributed by atoms with van der Waals surface area (Å²) in [4.78, 5) is 70.5. The summed E-state index contributed by atoms with van der Waals surface area (Å²) in [5.41, 5.74) is 0. The van der Waals surface area contributed by atoms with E-state index in [9.17, 15) is 34.2 Å². The van der Waals surface area contributed by atoms with E-state index in [1.807, 2.05) is 0 Å². The zero-order valence-electron chi connectivity index (χ0n) is 19.8. The van der Waals surface area contributed by atoms with E-state index >= 15 is 0 Å². The topological polar surface area (TPSA) is 139 Å². The zero-order chi connectivity index (χ0) is 24.8. The summed E-state index contributed by atoms with van der Waals surface area (Å²) >= 11 is 0. The molecule has 0 aromatic heterocycles. The molecule has 0 bridgehead atoms. The number of carboxylic acid groups (broad SMARTS) is 1. The number of likely N-dealkylation sites (tertiary alicyclic amines) is 2. The van der Waals surface area contributed by atoms with Crippen molar-refractivity contribution >= 4 is 39.0 Å². The van der Waals surface area contributed by atoms with Crippen LogP contribution in [0, 0.1) is 0 Å². The molecule has 0 aromatic rings. The van der Waals surface area contributed by atoms with Crippen LogP contribution in [0.5, 0.6) is 0 Å². The molecule has 1 unspecified atom stereocenters. The number of aliphatic hydroxyl groups excluding tert-OH is 1. The molecule has 0 radical (unpaired) electrons. The molecule has 4 rings (SSSR count). The predicted molar refractivity (Wildman–Crippen MR) is 124 cm³/mol. The highest BCUT2D eigenvalue weighted by atomic mass is 32.3. The summed E-state index contributed by atoms with van der Waals surface area (Å²) in [6.45, 7) is 4.97. The van der Waals surface area contributed by atoms with Gasteiger partial charge >= 0.3 is 5.97 Å². The molecule has 0 spiro atoms. The standard InChI is InChI=1S/C22H34N4O7S/c1-22(2)19(20(31)32)26-15(28)11-18(26)34(22,14-27)21(33)25(12-16(29)23-7-3-4-8-23)13-17(30)24-9-5-6-10-24/h18-19,27H,3-14H2,1-2H3,(H,31,32)/t18-,19+/m1/s1. The van der Waals surface area contributed by atoms with Crippen molar-refractivity contribution in [2.45, 2.75) is 62.1 Å². The molecular weight excluding hydrogens is 464 g/mol. The summed E-state index contributed by atoms with van der Waals surface area (Å²) in [5, 5.41) is 19.3. The minimum absolute atomic E-state index is 0.0250. The first-order chi connectivity index (χ1) is 16.1. The first kappa shape index (κ1) is 24.8. The first-order valence-corrected chi connectivity index (χ1v) is 13.7. The lowest BCUT2D eigenvalue weighted by Crippen LogP contribution is -2.57. The minimum Gasteiger partial charge on any atom is -0.480 e. The number of carboxylic acids is 1. The largest absolute Gasteiger partial charge is 0.480 e. The second-order valence-corrected chi connectivity index (χ2v) is 13.8. The zero-order valence-corrected chi connectivity index (χ0v) is 20.6. The molecule has 12 heteroatoms. The van der Waals surface area contributed by atoms with Gasteiger partial charge in [0.05, 0.1) is 17.7 Å². The third kappa shape index (κ3) is 3.65. The van der Waals surface area contributed by atoms with E-state index in [2.05, 4.69) is 0 Å². The molecule has 4 heterocycles. The number of hydrogen-bond acceptors (Lipinski definition) is 6. The Balaban J connectivity index is 1.68. The van der Waals surface area contributed by atoms with E-state index < -0.39 is 43.3 Å². The maximum Gasteiger partial charge on any atom is 0.327 e. The lowest BCUT2D eigenvalue weighted by Gasteiger charge is -2.51. The second-order valence-electron chi connectivity index (χ2n) is 10.0. The van der Waals surface area contributed by atoms with Crippen LogP contribution in [0.15, 0.2) is 0 Å². The molecule has 4 fully saturated rings. The van der Waals surface area contributed by atoms with Crippen molar-refractivity contribution in [1.82, 2.24) is 19.6 Å². The number of aliphatic carboxylic acids is 1. The van der Waals surface area contributed by atoms with Crippen molar-refractivity contribution in [3.63, 3.8) is 0 Å². The minimum atomic E-state index is -2.84. The smallest absolute Gasteiger partial charge is 0.327 e. The summed E-state index contributed by atoms with van der Waals surface area (Å²) in [6.07, 6.45) is 3.49. The molecule has 4 aliphatic rings. The van der Waals surface area contributed by atoms with E-state index in [0.717, 1.165) is 25.7 Å². The molecule has 0 aromatic carbocycles. The van der Waals surface area contributed by atoms with Gasteiger partial charge in [-0.05, 0) is 39.5 Å². The molecule has 3 atom stereocenters. The van der Waals surface area contributed by atoms with Crippen LogP contribution < -0.4 is 0 Å². The molecule has 4 amide bonds. The number of rotatable bonds is 6. The van der Waals surface area contributed by atoms with Gasteiger partial charge in [0.15, 0.2) is 0 Å². The quantitative estimate of drug-likeness (QED) is 0.499. The SMILES string of the molecule is CC1(C)[C@H](C(=O)O)N2C(=O)C[C@H]2S1(CO)C(=O)N(CC(=O)N1CCCC1)CC(=O)N1CCCC1. The Labute approximate surface area is 200 Å². The van der Waals surface area contributed by atoms with Crippen molar-refractivity contribution in [3.05, 3.63) is 0 Å². The van der Waals surface area contributed by atoms with Crippen LogP contribution >= 0.6 is 10.0 Å². The summed E-state index contributed by atoms with van der Waals surface area (Å²) in [7, 11) is -2.84. The maximum absolute atomic E-state index is 14.2. The fourth-order valence-corrected chi connectivity index (χ4v) is 10.1. The number of amides is 4. The van der Waals surface area contributed by atoms with Gasteiger partial charge in [-0.25, -0.2) is 4.79 Å². The van der Waals surface area contributed by atoms with Gasteiger partial charge in [-0.15, -0.1) is 10.0 Å². The average molecular weight is 499 g/mol. The van der Waals surface area contributed by atoms with Gasteiger partial charge in [0.1, 0.15) is 19.1 Å². The summed E-state index contributed by atoms with van der Waals surface area (Å²) in [6, 6.07) is -1.25. The van der Waals surface area contributed by atoms with Crippen LogP contribution in [0.1, 0.15) is 46.0 Å². The Morgan fingerprint density at radius 1 is 0.971 bits per heavy atom. The van der Waals surface area contributed by atoms with E-state index in [1.165, 1.54) is 9.80 Å². The highest BCUT2D eigenvalue weighted by Crippen LogP contribution is 2.74. The van der Waals surface area contributed by atoms with Crippen molar-refractivity contribution in [1.29, 1.82) is 0 Å². The Kier molecular flexibility index (Phi) is 6.58. The summed E-state index contributed by atoms with van der Waals surface area (Å²) < 4.78 is -1.24. The van der Waals surface area contributed by atoms with Crippen molar-refractivity contribution in [2.75, 3.05) is 45.2 Å². The monoisotopic (exact) mass is 498 g/mol. The Morgan fingerprint density at radius 2 is 1.44 bits per heavy atom. The lowest BCUT2D eigenvalue weighted by atomic mass is 9.98. The number of carbonyl (C=O) groups excluding carboxylic acids is 4. The Hall–Kier alpha value is -2.34. The Bertz CT molecular complexity index is 870. The highest BCUT2D eigenvalue weighted by molar-refractivity contribution is 8.46. The Morgan fingerprint density at radius 3 is 1.79 bits per heavy atom. The molecule has 0 saturated carbocycles. The average Bonchev–Trinajstić information content (AvgIpc) is 3.52. The van der Waals surface area contributed by atoms with E-state index in [1.54, 1.807) is 23.6 Å². The van der Waals surface area contributed by atoms with Crippen molar-refractivity contribution in [2.24, 2.45) is 0 Å². The predicted octanol–water partition coefficient (Wildman–Crippen LogP) is 0.211. The van der Waals surface area contributed by atoms with Crippen LogP contribution in [-0.4, -0.2) is 120 Å². The molecule has 11 nitrogen and oxygen atoms in total. The van der Waals surface area contributed by atoms with Crippen LogP contribution in [0.2, 0.25) is 0 Å². The fourth-order valence-electron chi connectivity index (χ4n) is 5.87. The third-order valence-corrected chi connectivity index (χ3v) is 12.6. The molecule has 0 aliphatic carbocycles. The number of nitrogens with zero attached hydrogens (tertiary/aromatic N) is 4. The number of carbonyl (C=O) groups is 5. The number of β-lactam (4-membered cyclic amide) rings is 1. The maximum atomic E-state index is 14.2. The molecule has 2 N–H and O–H groups in total. The second kappa shape index (κ2) is 9.03. The number of aliphatic hydroxyl groups is 1. The van der Waals surface area contributed by atoms with Gasteiger partial charge in [-0.3, -0.25) is 19.2 Å². The highest BCUT2D eigenvalue weighted by Gasteiger charge is 2.72. The molecule has 190 valence electrons. The van der Waals surface area contributed by atoms with Gasteiger partial charge in [0.25, 0.3) is 5.24 Å². The van der Waals surface area contributed by atoms with Gasteiger partial charge in [0, 0.05) is 30.9 Å². The number of fused-ring (bicyclic) bond motifs is 1. The summed E-state index contributed by atoms with van der Waals surface area (Å²) in [5.74, 6) is -2.73. The van der Waals surface area contributed by atoms with E-state index in [0.29, 0.717) is 26.2 Å². The van der Waals surface area contributed by atoms with Crippen LogP contribution in [0.4, 0.5) is 4.79 Å². The third-order valence-electron chi connectivity index (χ3n) is 7.86. The lowest BCUT2D eigenvalue weighted by molar-refractivity contribution is -0.157. The molecule has 34 heavy (non-hydrogen) atoms. The van der Waals surface area contributed by atoms with Crippen molar-refractivity contribution < 1.29 is 34.2 Å². The van der Waals surface area contributed by atoms with Crippen LogP contribution in [0.25, 0.3) is 0 Å². The number of hydrogen-bond donors (Lipinski definition) is 2.